The summed E-state index contributed by atoms with van der Waals surface area (Å²) in [5, 5.41) is 6.11. The minimum absolute atomic E-state index is 0.0823. The predicted molar refractivity (Wildman–Crippen MR) is 59.9 cm³/mol. The van der Waals surface area contributed by atoms with Crippen LogP contribution in [-0.2, 0) is 4.74 Å². The molecule has 0 saturated carbocycles. The summed E-state index contributed by atoms with van der Waals surface area (Å²) < 4.78 is 5.34. The zero-order valence-electron chi connectivity index (χ0n) is 9.93. The van der Waals surface area contributed by atoms with Gasteiger partial charge in [-0.3, -0.25) is 0 Å². The second kappa shape index (κ2) is 5.35. The number of nitrogens with one attached hydrogen (secondary N) is 2. The number of carbonyl (C=O) groups is 1. The molecule has 0 aromatic heterocycles. The van der Waals surface area contributed by atoms with Gasteiger partial charge in [-0.1, -0.05) is 6.92 Å². The molecule has 0 bridgehead atoms. The smallest absolute Gasteiger partial charge is 0.407 e. The Morgan fingerprint density at radius 2 is 2.07 bits per heavy atom. The molecule has 1 rings (SSSR count). The molecule has 4 heteroatoms. The molecule has 0 aliphatic carbocycles. The number of hydrogen-bond acceptors (Lipinski definition) is 3. The SMILES string of the molecule is CCC(C)(C)NC(=O)OC1CCNCC1. The van der Waals surface area contributed by atoms with E-state index in [0.717, 1.165) is 32.4 Å². The van der Waals surface area contributed by atoms with Gasteiger partial charge in [-0.2, -0.15) is 0 Å². The molecule has 0 spiro atoms. The van der Waals surface area contributed by atoms with Gasteiger partial charge in [0, 0.05) is 5.54 Å². The summed E-state index contributed by atoms with van der Waals surface area (Å²) in [6.45, 7) is 7.92. The molecule has 0 radical (unpaired) electrons. The van der Waals surface area contributed by atoms with Gasteiger partial charge >= 0.3 is 6.09 Å². The second-order valence-corrected chi connectivity index (χ2v) is 4.72. The number of piperidine rings is 1. The highest BCUT2D eigenvalue weighted by molar-refractivity contribution is 5.68. The van der Waals surface area contributed by atoms with Crippen molar-refractivity contribution in [2.45, 2.75) is 51.7 Å². The van der Waals surface area contributed by atoms with E-state index in [0.29, 0.717) is 0 Å². The maximum atomic E-state index is 11.5. The van der Waals surface area contributed by atoms with E-state index in [2.05, 4.69) is 10.6 Å². The first-order valence-corrected chi connectivity index (χ1v) is 5.73. The van der Waals surface area contributed by atoms with Gasteiger partial charge < -0.3 is 15.4 Å². The van der Waals surface area contributed by atoms with E-state index in [1.807, 2.05) is 20.8 Å². The van der Waals surface area contributed by atoms with Crippen molar-refractivity contribution in [2.75, 3.05) is 13.1 Å². The zero-order chi connectivity index (χ0) is 11.3. The van der Waals surface area contributed by atoms with Gasteiger partial charge in [-0.05, 0) is 46.2 Å². The summed E-state index contributed by atoms with van der Waals surface area (Å²) in [6.07, 6.45) is 2.53. The van der Waals surface area contributed by atoms with E-state index in [4.69, 9.17) is 4.74 Å². The summed E-state index contributed by atoms with van der Waals surface area (Å²) in [6, 6.07) is 0. The number of hydrogen-bond donors (Lipinski definition) is 2. The average molecular weight is 214 g/mol. The van der Waals surface area contributed by atoms with E-state index < -0.39 is 0 Å². The monoisotopic (exact) mass is 214 g/mol. The quantitative estimate of drug-likeness (QED) is 0.751. The molecule has 0 atom stereocenters. The van der Waals surface area contributed by atoms with Gasteiger partial charge in [0.25, 0.3) is 0 Å². The van der Waals surface area contributed by atoms with Gasteiger partial charge in [0.2, 0.25) is 0 Å². The third-order valence-electron chi connectivity index (χ3n) is 2.88. The van der Waals surface area contributed by atoms with Crippen LogP contribution in [0.1, 0.15) is 40.0 Å². The summed E-state index contributed by atoms with van der Waals surface area (Å²) in [5.74, 6) is 0. The predicted octanol–water partition coefficient (Wildman–Crippen LogP) is 1.65. The van der Waals surface area contributed by atoms with Gasteiger partial charge in [-0.25, -0.2) is 4.79 Å². The average Bonchev–Trinajstić information content (AvgIpc) is 2.18. The Balaban J connectivity index is 2.28. The van der Waals surface area contributed by atoms with Gasteiger partial charge in [-0.15, -0.1) is 0 Å². The normalized spacial score (nSPS) is 18.6. The van der Waals surface area contributed by atoms with Gasteiger partial charge in [0.05, 0.1) is 0 Å². The lowest BCUT2D eigenvalue weighted by Crippen LogP contribution is -2.45. The zero-order valence-corrected chi connectivity index (χ0v) is 9.93. The van der Waals surface area contributed by atoms with Crippen molar-refractivity contribution in [3.05, 3.63) is 0 Å². The molecule has 15 heavy (non-hydrogen) atoms. The van der Waals surface area contributed by atoms with Crippen molar-refractivity contribution in [3.8, 4) is 0 Å². The third-order valence-corrected chi connectivity index (χ3v) is 2.88. The number of carbonyl (C=O) groups excluding carboxylic acids is 1. The molecule has 1 aliphatic rings. The minimum atomic E-state index is -0.284. The molecule has 0 unspecified atom stereocenters. The van der Waals surface area contributed by atoms with Crippen molar-refractivity contribution >= 4 is 6.09 Å². The molecule has 1 aliphatic heterocycles. The molecule has 88 valence electrons. The Kier molecular flexibility index (Phi) is 4.39. The van der Waals surface area contributed by atoms with Crippen LogP contribution in [0.2, 0.25) is 0 Å². The fourth-order valence-electron chi connectivity index (χ4n) is 1.46. The van der Waals surface area contributed by atoms with Gasteiger partial charge in [0.15, 0.2) is 0 Å². The van der Waals surface area contributed by atoms with Crippen molar-refractivity contribution in [2.24, 2.45) is 0 Å². The topological polar surface area (TPSA) is 50.4 Å². The highest BCUT2D eigenvalue weighted by Crippen LogP contribution is 2.10. The van der Waals surface area contributed by atoms with Crippen molar-refractivity contribution in [1.82, 2.24) is 10.6 Å². The first kappa shape index (κ1) is 12.3. The molecular weight excluding hydrogens is 192 g/mol. The molecular formula is C11H22N2O2. The molecule has 1 saturated heterocycles. The molecule has 1 amide bonds. The maximum Gasteiger partial charge on any atom is 0.407 e. The van der Waals surface area contributed by atoms with Crippen LogP contribution >= 0.6 is 0 Å². The van der Waals surface area contributed by atoms with Crippen LogP contribution in [0.25, 0.3) is 0 Å². The highest BCUT2D eigenvalue weighted by Gasteiger charge is 2.22. The summed E-state index contributed by atoms with van der Waals surface area (Å²) in [4.78, 5) is 11.5. The van der Waals surface area contributed by atoms with Crippen LogP contribution in [0.3, 0.4) is 0 Å². The molecule has 1 fully saturated rings. The number of alkyl carbamates (subject to hydrolysis) is 1. The molecule has 1 heterocycles. The third kappa shape index (κ3) is 4.51. The lowest BCUT2D eigenvalue weighted by atomic mass is 10.0. The Bertz CT molecular complexity index is 211. The highest BCUT2D eigenvalue weighted by atomic mass is 16.6. The Morgan fingerprint density at radius 1 is 1.47 bits per heavy atom. The summed E-state index contributed by atoms with van der Waals surface area (Å²) in [5.41, 5.74) is -0.177. The standard InChI is InChI=1S/C11H22N2O2/c1-4-11(2,3)13-10(14)15-9-5-7-12-8-6-9/h9,12H,4-8H2,1-3H3,(H,13,14). The van der Waals surface area contributed by atoms with Crippen LogP contribution in [0.5, 0.6) is 0 Å². The van der Waals surface area contributed by atoms with E-state index in [1.165, 1.54) is 0 Å². The van der Waals surface area contributed by atoms with Crippen LogP contribution in [-0.4, -0.2) is 30.8 Å². The lowest BCUT2D eigenvalue weighted by Gasteiger charge is -2.27. The fraction of sp³-hybridized carbons (Fsp3) is 0.909. The second-order valence-electron chi connectivity index (χ2n) is 4.72. The number of amides is 1. The van der Waals surface area contributed by atoms with E-state index in [9.17, 15) is 4.79 Å². The van der Waals surface area contributed by atoms with Crippen molar-refractivity contribution in [1.29, 1.82) is 0 Å². The van der Waals surface area contributed by atoms with Crippen molar-refractivity contribution < 1.29 is 9.53 Å². The van der Waals surface area contributed by atoms with Crippen LogP contribution in [0, 0.1) is 0 Å². The summed E-state index contributed by atoms with van der Waals surface area (Å²) >= 11 is 0. The fourth-order valence-corrected chi connectivity index (χ4v) is 1.46. The van der Waals surface area contributed by atoms with E-state index in [1.54, 1.807) is 0 Å². The summed E-state index contributed by atoms with van der Waals surface area (Å²) in [7, 11) is 0. The van der Waals surface area contributed by atoms with Gasteiger partial charge in [0.1, 0.15) is 6.10 Å². The van der Waals surface area contributed by atoms with Crippen LogP contribution < -0.4 is 10.6 Å². The van der Waals surface area contributed by atoms with Crippen LogP contribution in [0.4, 0.5) is 4.79 Å². The van der Waals surface area contributed by atoms with E-state index in [-0.39, 0.29) is 17.7 Å². The Hall–Kier alpha value is -0.770. The van der Waals surface area contributed by atoms with Crippen molar-refractivity contribution in [3.63, 3.8) is 0 Å². The lowest BCUT2D eigenvalue weighted by molar-refractivity contribution is 0.0729. The first-order chi connectivity index (χ1) is 7.03. The molecule has 2 N–H and O–H groups in total. The molecule has 0 aromatic carbocycles. The first-order valence-electron chi connectivity index (χ1n) is 5.73. The van der Waals surface area contributed by atoms with E-state index >= 15 is 0 Å². The number of rotatable bonds is 3. The molecule has 4 nitrogen and oxygen atoms in total. The Morgan fingerprint density at radius 3 is 2.60 bits per heavy atom. The molecule has 0 aromatic rings. The largest absolute Gasteiger partial charge is 0.446 e. The number of ether oxygens (including phenoxy) is 1. The van der Waals surface area contributed by atoms with Crippen LogP contribution in [0.15, 0.2) is 0 Å². The Labute approximate surface area is 91.8 Å². The minimum Gasteiger partial charge on any atom is -0.446 e. The maximum absolute atomic E-state index is 11.5.